The highest BCUT2D eigenvalue weighted by molar-refractivity contribution is 7.91. The number of nitriles is 1. The van der Waals surface area contributed by atoms with Gasteiger partial charge >= 0.3 is 0 Å². The average molecular weight is 229 g/mol. The normalized spacial score (nSPS) is 10.7. The van der Waals surface area contributed by atoms with Crippen molar-refractivity contribution in [3.63, 3.8) is 0 Å². The van der Waals surface area contributed by atoms with Gasteiger partial charge in [-0.05, 0) is 18.2 Å². The molecular weight excluding hydrogens is 221 g/mol. The summed E-state index contributed by atoms with van der Waals surface area (Å²) < 4.78 is 40.6. The van der Waals surface area contributed by atoms with Crippen molar-refractivity contribution in [1.29, 1.82) is 5.26 Å². The van der Waals surface area contributed by atoms with Crippen LogP contribution in [0.15, 0.2) is 23.1 Å². The Bertz CT molecular complexity index is 505. The molecule has 0 radical (unpaired) electrons. The summed E-state index contributed by atoms with van der Waals surface area (Å²) in [5.74, 6) is -1.36. The quantitative estimate of drug-likeness (QED) is 0.779. The smallest absolute Gasteiger partial charge is 0.195 e. The number of halogens is 1. The summed E-state index contributed by atoms with van der Waals surface area (Å²) in [6.07, 6.45) is 0. The lowest BCUT2D eigenvalue weighted by molar-refractivity contribution is 0.401. The van der Waals surface area contributed by atoms with Crippen molar-refractivity contribution >= 4 is 9.84 Å². The van der Waals surface area contributed by atoms with Crippen molar-refractivity contribution in [2.75, 3.05) is 12.9 Å². The van der Waals surface area contributed by atoms with Crippen LogP contribution in [0.1, 0.15) is 0 Å². The van der Waals surface area contributed by atoms with Crippen molar-refractivity contribution in [3.8, 4) is 11.8 Å². The van der Waals surface area contributed by atoms with Crippen LogP contribution < -0.4 is 4.74 Å². The van der Waals surface area contributed by atoms with Gasteiger partial charge in [0.25, 0.3) is 0 Å². The summed E-state index contributed by atoms with van der Waals surface area (Å²) in [6.45, 7) is 0. The van der Waals surface area contributed by atoms with Crippen molar-refractivity contribution in [2.45, 2.75) is 4.90 Å². The first-order chi connectivity index (χ1) is 7.01. The molecule has 0 amide bonds. The van der Waals surface area contributed by atoms with Crippen LogP contribution in [-0.2, 0) is 9.84 Å². The van der Waals surface area contributed by atoms with Gasteiger partial charge in [0.1, 0.15) is 22.2 Å². The predicted molar refractivity (Wildman–Crippen MR) is 50.6 cm³/mol. The SMILES string of the molecule is COc1ccc(F)cc1S(=O)(=O)CC#N. The molecule has 80 valence electrons. The average Bonchev–Trinajstić information content (AvgIpc) is 2.17. The molecule has 4 nitrogen and oxygen atoms in total. The van der Waals surface area contributed by atoms with E-state index in [1.807, 2.05) is 0 Å². The van der Waals surface area contributed by atoms with E-state index in [0.717, 1.165) is 12.1 Å². The molecule has 0 atom stereocenters. The number of rotatable bonds is 3. The van der Waals surface area contributed by atoms with Gasteiger partial charge in [0, 0.05) is 0 Å². The second kappa shape index (κ2) is 4.28. The van der Waals surface area contributed by atoms with E-state index in [1.54, 1.807) is 0 Å². The molecule has 0 aliphatic carbocycles. The molecule has 0 aliphatic rings. The van der Waals surface area contributed by atoms with E-state index in [0.29, 0.717) is 0 Å². The van der Waals surface area contributed by atoms with Crippen LogP contribution in [0.4, 0.5) is 4.39 Å². The van der Waals surface area contributed by atoms with Gasteiger partial charge in [-0.3, -0.25) is 0 Å². The minimum atomic E-state index is -3.80. The lowest BCUT2D eigenvalue weighted by atomic mass is 10.3. The van der Waals surface area contributed by atoms with Crippen molar-refractivity contribution in [1.82, 2.24) is 0 Å². The maximum absolute atomic E-state index is 12.9. The lowest BCUT2D eigenvalue weighted by Gasteiger charge is -2.06. The molecule has 0 N–H and O–H groups in total. The lowest BCUT2D eigenvalue weighted by Crippen LogP contribution is -2.07. The number of nitrogens with zero attached hydrogens (tertiary/aromatic N) is 1. The maximum Gasteiger partial charge on any atom is 0.195 e. The molecule has 0 aliphatic heterocycles. The van der Waals surface area contributed by atoms with E-state index in [-0.39, 0.29) is 10.6 Å². The van der Waals surface area contributed by atoms with E-state index < -0.39 is 21.4 Å². The fourth-order valence-corrected chi connectivity index (χ4v) is 2.13. The first-order valence-corrected chi connectivity index (χ1v) is 5.59. The molecule has 0 aromatic heterocycles. The number of benzene rings is 1. The topological polar surface area (TPSA) is 67.2 Å². The van der Waals surface area contributed by atoms with Crippen LogP contribution in [-0.4, -0.2) is 21.3 Å². The summed E-state index contributed by atoms with van der Waals surface area (Å²) in [5.41, 5.74) is 0. The van der Waals surface area contributed by atoms with Crippen LogP contribution in [0.25, 0.3) is 0 Å². The summed E-state index contributed by atoms with van der Waals surface area (Å²) in [7, 11) is -2.53. The molecule has 0 saturated carbocycles. The van der Waals surface area contributed by atoms with Gasteiger partial charge < -0.3 is 4.74 Å². The largest absolute Gasteiger partial charge is 0.495 e. The molecular formula is C9H8FNO3S. The van der Waals surface area contributed by atoms with Crippen LogP contribution in [0, 0.1) is 17.1 Å². The number of sulfone groups is 1. The molecule has 0 fully saturated rings. The Morgan fingerprint density at radius 2 is 2.20 bits per heavy atom. The van der Waals surface area contributed by atoms with Gasteiger partial charge in [-0.2, -0.15) is 5.26 Å². The molecule has 0 unspecified atom stereocenters. The molecule has 6 heteroatoms. The molecule has 15 heavy (non-hydrogen) atoms. The highest BCUT2D eigenvalue weighted by atomic mass is 32.2. The van der Waals surface area contributed by atoms with Crippen LogP contribution in [0.5, 0.6) is 5.75 Å². The second-order valence-electron chi connectivity index (χ2n) is 2.71. The highest BCUT2D eigenvalue weighted by Gasteiger charge is 2.19. The summed E-state index contributed by atoms with van der Waals surface area (Å²) in [4.78, 5) is -0.299. The third kappa shape index (κ3) is 2.44. The molecule has 0 saturated heterocycles. The number of ether oxygens (including phenoxy) is 1. The van der Waals surface area contributed by atoms with Gasteiger partial charge in [0.05, 0.1) is 13.2 Å². The Labute approximate surface area is 86.8 Å². The molecule has 1 rings (SSSR count). The van der Waals surface area contributed by atoms with Crippen LogP contribution in [0.3, 0.4) is 0 Å². The second-order valence-corrected chi connectivity index (χ2v) is 4.67. The third-order valence-electron chi connectivity index (χ3n) is 1.72. The van der Waals surface area contributed by atoms with E-state index in [4.69, 9.17) is 10.00 Å². The van der Waals surface area contributed by atoms with Crippen molar-refractivity contribution in [2.24, 2.45) is 0 Å². The van der Waals surface area contributed by atoms with E-state index in [9.17, 15) is 12.8 Å². The molecule has 0 heterocycles. The monoisotopic (exact) mass is 229 g/mol. The van der Waals surface area contributed by atoms with Gasteiger partial charge in [-0.1, -0.05) is 0 Å². The highest BCUT2D eigenvalue weighted by Crippen LogP contribution is 2.25. The minimum absolute atomic E-state index is 0.0339. The third-order valence-corrected chi connectivity index (χ3v) is 3.21. The van der Waals surface area contributed by atoms with Gasteiger partial charge in [0.2, 0.25) is 0 Å². The fourth-order valence-electron chi connectivity index (χ4n) is 1.06. The standard InChI is InChI=1S/C9H8FNO3S/c1-14-8-3-2-7(10)6-9(8)15(12,13)5-4-11/h2-3,6H,5H2,1H3. The first kappa shape index (κ1) is 11.5. The van der Waals surface area contributed by atoms with Gasteiger partial charge in [-0.15, -0.1) is 0 Å². The Kier molecular flexibility index (Phi) is 3.27. The van der Waals surface area contributed by atoms with E-state index >= 15 is 0 Å². The van der Waals surface area contributed by atoms with Crippen LogP contribution in [0.2, 0.25) is 0 Å². The summed E-state index contributed by atoms with van der Waals surface area (Å²) >= 11 is 0. The van der Waals surface area contributed by atoms with Gasteiger partial charge in [0.15, 0.2) is 9.84 Å². The van der Waals surface area contributed by atoms with E-state index in [2.05, 4.69) is 0 Å². The minimum Gasteiger partial charge on any atom is -0.495 e. The first-order valence-electron chi connectivity index (χ1n) is 3.94. The fraction of sp³-hybridized carbons (Fsp3) is 0.222. The van der Waals surface area contributed by atoms with Crippen molar-refractivity contribution in [3.05, 3.63) is 24.0 Å². The zero-order valence-corrected chi connectivity index (χ0v) is 8.71. The molecule has 0 bridgehead atoms. The molecule has 1 aromatic carbocycles. The Morgan fingerprint density at radius 1 is 1.53 bits per heavy atom. The Balaban J connectivity index is 3.36. The zero-order chi connectivity index (χ0) is 11.5. The predicted octanol–water partition coefficient (Wildman–Crippen LogP) is 1.13. The Hall–Kier alpha value is -1.61. The van der Waals surface area contributed by atoms with E-state index in [1.165, 1.54) is 19.2 Å². The van der Waals surface area contributed by atoms with Crippen molar-refractivity contribution < 1.29 is 17.5 Å². The van der Waals surface area contributed by atoms with Crippen LogP contribution >= 0.6 is 0 Å². The van der Waals surface area contributed by atoms with Gasteiger partial charge in [-0.25, -0.2) is 12.8 Å². The number of methoxy groups -OCH3 is 1. The maximum atomic E-state index is 12.9. The molecule has 1 aromatic rings. The molecule has 0 spiro atoms. The zero-order valence-electron chi connectivity index (χ0n) is 7.90. The number of hydrogen-bond donors (Lipinski definition) is 0. The Morgan fingerprint density at radius 3 is 2.73 bits per heavy atom. The summed E-state index contributed by atoms with van der Waals surface area (Å²) in [6, 6.07) is 4.65. The number of hydrogen-bond acceptors (Lipinski definition) is 4. The summed E-state index contributed by atoms with van der Waals surface area (Å²) in [5, 5.41) is 8.33.